The van der Waals surface area contributed by atoms with Crippen LogP contribution in [0.3, 0.4) is 0 Å². The van der Waals surface area contributed by atoms with Gasteiger partial charge in [-0.25, -0.2) is 4.79 Å². The number of hydrogen-bond donors (Lipinski definition) is 2. The van der Waals surface area contributed by atoms with Gasteiger partial charge in [0.05, 0.1) is 6.42 Å². The van der Waals surface area contributed by atoms with Crippen molar-refractivity contribution in [2.24, 2.45) is 5.92 Å². The van der Waals surface area contributed by atoms with E-state index in [0.717, 1.165) is 0 Å². The summed E-state index contributed by atoms with van der Waals surface area (Å²) >= 11 is 5.96. The zero-order valence-corrected chi connectivity index (χ0v) is 11.8. The van der Waals surface area contributed by atoms with Crippen LogP contribution in [0.15, 0.2) is 24.3 Å². The second kappa shape index (κ2) is 7.14. The Bertz CT molecular complexity index is 460. The molecule has 0 spiro atoms. The first-order chi connectivity index (χ1) is 8.90. The summed E-state index contributed by atoms with van der Waals surface area (Å²) in [5.41, 5.74) is 0.690. The van der Waals surface area contributed by atoms with Crippen molar-refractivity contribution in [2.45, 2.75) is 32.7 Å². The van der Waals surface area contributed by atoms with Crippen molar-refractivity contribution in [3.05, 3.63) is 34.9 Å². The van der Waals surface area contributed by atoms with E-state index in [2.05, 4.69) is 5.32 Å². The molecule has 0 saturated heterocycles. The highest BCUT2D eigenvalue weighted by molar-refractivity contribution is 6.31. The third-order valence-corrected chi connectivity index (χ3v) is 3.02. The second-order valence-electron chi connectivity index (χ2n) is 4.86. The Hall–Kier alpha value is -1.55. The van der Waals surface area contributed by atoms with Crippen molar-refractivity contribution in [1.82, 2.24) is 5.32 Å². The molecule has 1 aromatic carbocycles. The number of hydrogen-bond acceptors (Lipinski definition) is 2. The summed E-state index contributed by atoms with van der Waals surface area (Å²) in [4.78, 5) is 22.9. The van der Waals surface area contributed by atoms with E-state index in [1.807, 2.05) is 13.8 Å². The van der Waals surface area contributed by atoms with Crippen LogP contribution >= 0.6 is 11.6 Å². The van der Waals surface area contributed by atoms with Crippen LogP contribution in [0.25, 0.3) is 0 Å². The van der Waals surface area contributed by atoms with Crippen molar-refractivity contribution in [3.63, 3.8) is 0 Å². The van der Waals surface area contributed by atoms with E-state index in [0.29, 0.717) is 17.0 Å². The standard InChI is InChI=1S/C14H18ClNO3/c1-9(2)7-12(14(18)19)16-13(17)8-10-5-3-4-6-11(10)15/h3-6,9,12H,7-8H2,1-2H3,(H,16,17)(H,18,19)/t12-/m0/s1. The number of halogens is 1. The number of rotatable bonds is 6. The van der Waals surface area contributed by atoms with Crippen LogP contribution in [-0.4, -0.2) is 23.0 Å². The van der Waals surface area contributed by atoms with Gasteiger partial charge < -0.3 is 10.4 Å². The molecule has 0 aliphatic carbocycles. The summed E-state index contributed by atoms with van der Waals surface area (Å²) in [5, 5.41) is 12.1. The number of nitrogens with one attached hydrogen (secondary N) is 1. The van der Waals surface area contributed by atoms with Gasteiger partial charge in [0.25, 0.3) is 0 Å². The lowest BCUT2D eigenvalue weighted by molar-refractivity contribution is -0.142. The van der Waals surface area contributed by atoms with E-state index < -0.39 is 12.0 Å². The van der Waals surface area contributed by atoms with Crippen LogP contribution in [0.1, 0.15) is 25.8 Å². The quantitative estimate of drug-likeness (QED) is 0.843. The summed E-state index contributed by atoms with van der Waals surface area (Å²) in [6, 6.07) is 6.17. The molecule has 0 fully saturated rings. The molecule has 0 saturated carbocycles. The van der Waals surface area contributed by atoms with Gasteiger partial charge in [0, 0.05) is 5.02 Å². The molecule has 1 amide bonds. The van der Waals surface area contributed by atoms with Crippen molar-refractivity contribution in [1.29, 1.82) is 0 Å². The van der Waals surface area contributed by atoms with Gasteiger partial charge in [0.2, 0.25) is 5.91 Å². The monoisotopic (exact) mass is 283 g/mol. The molecule has 0 aliphatic heterocycles. The van der Waals surface area contributed by atoms with E-state index in [9.17, 15) is 9.59 Å². The average molecular weight is 284 g/mol. The van der Waals surface area contributed by atoms with E-state index >= 15 is 0 Å². The predicted octanol–water partition coefficient (Wildman–Crippen LogP) is 2.50. The zero-order valence-electron chi connectivity index (χ0n) is 11.0. The van der Waals surface area contributed by atoms with Gasteiger partial charge in [-0.2, -0.15) is 0 Å². The molecule has 104 valence electrons. The first-order valence-electron chi connectivity index (χ1n) is 6.15. The Morgan fingerprint density at radius 2 is 1.95 bits per heavy atom. The summed E-state index contributed by atoms with van der Waals surface area (Å²) in [6.07, 6.45) is 0.491. The molecular formula is C14H18ClNO3. The third-order valence-electron chi connectivity index (χ3n) is 2.65. The maximum atomic E-state index is 11.8. The highest BCUT2D eigenvalue weighted by Gasteiger charge is 2.21. The molecule has 1 aromatic rings. The molecule has 0 radical (unpaired) electrons. The van der Waals surface area contributed by atoms with Gasteiger partial charge in [0.15, 0.2) is 0 Å². The largest absolute Gasteiger partial charge is 0.480 e. The highest BCUT2D eigenvalue weighted by atomic mass is 35.5. The summed E-state index contributed by atoms with van der Waals surface area (Å²) in [7, 11) is 0. The number of carboxylic acids is 1. The fourth-order valence-corrected chi connectivity index (χ4v) is 1.96. The summed E-state index contributed by atoms with van der Waals surface area (Å²) in [5.74, 6) is -1.15. The van der Waals surface area contributed by atoms with Crippen LogP contribution in [0.4, 0.5) is 0 Å². The Kier molecular flexibility index (Phi) is 5.83. The van der Waals surface area contributed by atoms with Crippen LogP contribution in [0.5, 0.6) is 0 Å². The molecule has 5 heteroatoms. The normalized spacial score (nSPS) is 12.2. The van der Waals surface area contributed by atoms with Gasteiger partial charge in [-0.1, -0.05) is 43.6 Å². The Labute approximate surface area is 117 Å². The first-order valence-corrected chi connectivity index (χ1v) is 6.53. The first kappa shape index (κ1) is 15.5. The molecule has 2 N–H and O–H groups in total. The Morgan fingerprint density at radius 1 is 1.32 bits per heavy atom. The molecule has 0 aliphatic rings. The average Bonchev–Trinajstić information content (AvgIpc) is 2.30. The van der Waals surface area contributed by atoms with E-state index in [4.69, 9.17) is 16.7 Å². The van der Waals surface area contributed by atoms with E-state index in [1.165, 1.54) is 0 Å². The molecule has 4 nitrogen and oxygen atoms in total. The number of benzene rings is 1. The lowest BCUT2D eigenvalue weighted by atomic mass is 10.0. The number of aliphatic carboxylic acids is 1. The van der Waals surface area contributed by atoms with Crippen LogP contribution in [0.2, 0.25) is 5.02 Å². The minimum absolute atomic E-state index is 0.0849. The van der Waals surface area contributed by atoms with Gasteiger partial charge >= 0.3 is 5.97 Å². The van der Waals surface area contributed by atoms with Gasteiger partial charge in [-0.15, -0.1) is 0 Å². The molecule has 19 heavy (non-hydrogen) atoms. The molecule has 0 aromatic heterocycles. The third kappa shape index (κ3) is 5.30. The smallest absolute Gasteiger partial charge is 0.326 e. The van der Waals surface area contributed by atoms with Crippen molar-refractivity contribution in [3.8, 4) is 0 Å². The highest BCUT2D eigenvalue weighted by Crippen LogP contribution is 2.15. The summed E-state index contributed by atoms with van der Waals surface area (Å²) in [6.45, 7) is 3.83. The fourth-order valence-electron chi connectivity index (χ4n) is 1.75. The number of carbonyl (C=O) groups is 2. The van der Waals surface area contributed by atoms with E-state index in [1.54, 1.807) is 24.3 Å². The predicted molar refractivity (Wildman–Crippen MR) is 74.2 cm³/mol. The second-order valence-corrected chi connectivity index (χ2v) is 5.26. The molecule has 0 bridgehead atoms. The van der Waals surface area contributed by atoms with Gasteiger partial charge in [-0.05, 0) is 24.0 Å². The summed E-state index contributed by atoms with van der Waals surface area (Å²) < 4.78 is 0. The van der Waals surface area contributed by atoms with Gasteiger partial charge in [-0.3, -0.25) is 4.79 Å². The molecule has 0 unspecified atom stereocenters. The minimum Gasteiger partial charge on any atom is -0.480 e. The topological polar surface area (TPSA) is 66.4 Å². The minimum atomic E-state index is -1.01. The lowest BCUT2D eigenvalue weighted by Gasteiger charge is -2.16. The van der Waals surface area contributed by atoms with Crippen molar-refractivity contribution in [2.75, 3.05) is 0 Å². The van der Waals surface area contributed by atoms with Gasteiger partial charge in [0.1, 0.15) is 6.04 Å². The SMILES string of the molecule is CC(C)C[C@H](NC(=O)Cc1ccccc1Cl)C(=O)O. The fraction of sp³-hybridized carbons (Fsp3) is 0.429. The van der Waals surface area contributed by atoms with E-state index in [-0.39, 0.29) is 18.2 Å². The maximum absolute atomic E-state index is 11.8. The maximum Gasteiger partial charge on any atom is 0.326 e. The molecule has 0 heterocycles. The molecular weight excluding hydrogens is 266 g/mol. The Morgan fingerprint density at radius 3 is 2.47 bits per heavy atom. The van der Waals surface area contributed by atoms with Crippen LogP contribution in [-0.2, 0) is 16.0 Å². The molecule has 1 atom stereocenters. The van der Waals surface area contributed by atoms with Crippen LogP contribution < -0.4 is 5.32 Å². The number of carbonyl (C=O) groups excluding carboxylic acids is 1. The zero-order chi connectivity index (χ0) is 14.4. The van der Waals surface area contributed by atoms with Crippen molar-refractivity contribution < 1.29 is 14.7 Å². The lowest BCUT2D eigenvalue weighted by Crippen LogP contribution is -2.42. The Balaban J connectivity index is 2.63. The molecule has 1 rings (SSSR count). The van der Waals surface area contributed by atoms with Crippen LogP contribution in [0, 0.1) is 5.92 Å². The number of amides is 1. The number of carboxylic acid groups (broad SMARTS) is 1. The van der Waals surface area contributed by atoms with Crippen molar-refractivity contribution >= 4 is 23.5 Å².